The van der Waals surface area contributed by atoms with Crippen molar-refractivity contribution in [2.24, 2.45) is 0 Å². The van der Waals surface area contributed by atoms with Gasteiger partial charge in [-0.05, 0) is 51.4 Å². The van der Waals surface area contributed by atoms with E-state index in [2.05, 4.69) is 62.5 Å². The number of allylic oxidation sites excluding steroid dienone is 8. The highest BCUT2D eigenvalue weighted by Gasteiger charge is 2.27. The summed E-state index contributed by atoms with van der Waals surface area (Å²) in [5, 5.41) is 18.4. The van der Waals surface area contributed by atoms with Crippen LogP contribution < -0.4 is 0 Å². The summed E-state index contributed by atoms with van der Waals surface area (Å²) < 4.78 is 32.8. The number of ether oxygens (including phenoxy) is 2. The number of hydrogen-bond donors (Lipinski definition) is 3. The van der Waals surface area contributed by atoms with Gasteiger partial charge in [0.1, 0.15) is 12.7 Å². The predicted octanol–water partition coefficient (Wildman–Crippen LogP) is 13.3. The third kappa shape index (κ3) is 44.0. The molecule has 0 heterocycles. The Labute approximate surface area is 366 Å². The van der Waals surface area contributed by atoms with Gasteiger partial charge in [-0.15, -0.1) is 0 Å². The van der Waals surface area contributed by atoms with Crippen LogP contribution in [0.5, 0.6) is 0 Å². The molecule has 60 heavy (non-hydrogen) atoms. The molecule has 350 valence electrons. The average molecular weight is 869 g/mol. The molecule has 10 nitrogen and oxygen atoms in total. The molecule has 3 N–H and O–H groups in total. The fraction of sp³-hybridized carbons (Fsp3) is 0.796. The SMILES string of the molecule is CC/C=C\C/C=C\C/C=C\C/C=C\CCCCCCCCCCCCC(=O)OC(COC(=O)CCCCCCCCCCCCCCCC)COP(=O)(O)OCC(O)CO. The number of phosphoric acid groups is 1. The molecule has 0 aliphatic carbocycles. The van der Waals surface area contributed by atoms with Gasteiger partial charge in [-0.2, -0.15) is 0 Å². The number of unbranched alkanes of at least 4 members (excludes halogenated alkanes) is 23. The minimum absolute atomic E-state index is 0.179. The van der Waals surface area contributed by atoms with Crippen molar-refractivity contribution in [2.45, 2.75) is 225 Å². The number of carbonyl (C=O) groups is 2. The number of esters is 2. The van der Waals surface area contributed by atoms with E-state index in [4.69, 9.17) is 23.6 Å². The molecule has 0 amide bonds. The van der Waals surface area contributed by atoms with Gasteiger partial charge < -0.3 is 24.6 Å². The van der Waals surface area contributed by atoms with Gasteiger partial charge in [0.15, 0.2) is 6.10 Å². The van der Waals surface area contributed by atoms with Crippen molar-refractivity contribution in [2.75, 3.05) is 26.4 Å². The molecular formula is C49H89O10P. The highest BCUT2D eigenvalue weighted by atomic mass is 31.2. The van der Waals surface area contributed by atoms with Crippen molar-refractivity contribution < 1.29 is 47.8 Å². The first kappa shape index (κ1) is 57.9. The fourth-order valence-electron chi connectivity index (χ4n) is 6.57. The van der Waals surface area contributed by atoms with E-state index in [-0.39, 0.29) is 19.4 Å². The van der Waals surface area contributed by atoms with Crippen LogP contribution in [0.3, 0.4) is 0 Å². The fourth-order valence-corrected chi connectivity index (χ4v) is 7.36. The lowest BCUT2D eigenvalue weighted by atomic mass is 10.0. The lowest BCUT2D eigenvalue weighted by molar-refractivity contribution is -0.161. The van der Waals surface area contributed by atoms with Gasteiger partial charge in [0.25, 0.3) is 0 Å². The molecule has 0 rings (SSSR count). The van der Waals surface area contributed by atoms with Gasteiger partial charge in [-0.25, -0.2) is 4.57 Å². The molecule has 0 aromatic carbocycles. The maximum Gasteiger partial charge on any atom is 0.472 e. The smallest absolute Gasteiger partial charge is 0.462 e. The zero-order chi connectivity index (χ0) is 44.0. The largest absolute Gasteiger partial charge is 0.472 e. The molecule has 0 saturated heterocycles. The van der Waals surface area contributed by atoms with Crippen LogP contribution in [0.4, 0.5) is 0 Å². The van der Waals surface area contributed by atoms with E-state index in [0.29, 0.717) is 12.8 Å². The van der Waals surface area contributed by atoms with Crippen LogP contribution in [0, 0.1) is 0 Å². The summed E-state index contributed by atoms with van der Waals surface area (Å²) >= 11 is 0. The van der Waals surface area contributed by atoms with Crippen molar-refractivity contribution in [3.63, 3.8) is 0 Å². The summed E-state index contributed by atoms with van der Waals surface area (Å²) in [7, 11) is -4.62. The molecule has 3 unspecified atom stereocenters. The number of rotatable bonds is 45. The highest BCUT2D eigenvalue weighted by Crippen LogP contribution is 2.43. The maximum atomic E-state index is 12.7. The first-order chi connectivity index (χ1) is 29.2. The van der Waals surface area contributed by atoms with Crippen LogP contribution in [0.25, 0.3) is 0 Å². The van der Waals surface area contributed by atoms with Gasteiger partial charge >= 0.3 is 19.8 Å². The van der Waals surface area contributed by atoms with E-state index in [1.807, 2.05) is 0 Å². The van der Waals surface area contributed by atoms with Crippen LogP contribution in [0.1, 0.15) is 213 Å². The van der Waals surface area contributed by atoms with Crippen LogP contribution in [-0.4, -0.2) is 65.7 Å². The standard InChI is InChI=1S/C49H89O10P/c1-3-5-7-9-11-13-15-17-19-20-21-22-23-24-25-26-27-29-31-33-35-37-39-41-49(53)59-47(45-58-60(54,55)57-43-46(51)42-50)44-56-48(52)40-38-36-34-32-30-28-18-16-14-12-10-8-6-4-2/h5,7,11,13,17,19,21-22,46-47,50-51H,3-4,6,8-10,12,14-16,18,20,23-45H2,1-2H3,(H,54,55)/b7-5-,13-11-,19-17-,22-21-. The Morgan fingerprint density at radius 1 is 0.517 bits per heavy atom. The van der Waals surface area contributed by atoms with Crippen LogP contribution in [0.2, 0.25) is 0 Å². The Hall–Kier alpha value is -2.07. The van der Waals surface area contributed by atoms with Crippen molar-refractivity contribution in [3.05, 3.63) is 48.6 Å². The third-order valence-corrected chi connectivity index (χ3v) is 11.2. The highest BCUT2D eigenvalue weighted by molar-refractivity contribution is 7.47. The molecule has 0 aliphatic rings. The molecule has 0 fully saturated rings. The van der Waals surface area contributed by atoms with Crippen molar-refractivity contribution in [1.29, 1.82) is 0 Å². The third-order valence-electron chi connectivity index (χ3n) is 10.2. The zero-order valence-electron chi connectivity index (χ0n) is 38.2. The quantitative estimate of drug-likeness (QED) is 0.0234. The second-order valence-electron chi connectivity index (χ2n) is 16.1. The normalized spacial score (nSPS) is 14.2. The van der Waals surface area contributed by atoms with Gasteiger partial charge in [0.2, 0.25) is 0 Å². The maximum absolute atomic E-state index is 12.7. The Morgan fingerprint density at radius 3 is 1.38 bits per heavy atom. The predicted molar refractivity (Wildman–Crippen MR) is 247 cm³/mol. The molecule has 0 radical (unpaired) electrons. The summed E-state index contributed by atoms with van der Waals surface area (Å²) in [5.74, 6) is -0.924. The van der Waals surface area contributed by atoms with Crippen molar-refractivity contribution in [3.8, 4) is 0 Å². The van der Waals surface area contributed by atoms with E-state index < -0.39 is 51.8 Å². The lowest BCUT2D eigenvalue weighted by Crippen LogP contribution is -2.29. The minimum Gasteiger partial charge on any atom is -0.462 e. The topological polar surface area (TPSA) is 149 Å². The van der Waals surface area contributed by atoms with Gasteiger partial charge in [0, 0.05) is 12.8 Å². The molecular weight excluding hydrogens is 780 g/mol. The van der Waals surface area contributed by atoms with E-state index in [0.717, 1.165) is 70.6 Å². The molecule has 0 aromatic rings. The molecule has 0 aliphatic heterocycles. The molecule has 0 spiro atoms. The van der Waals surface area contributed by atoms with Crippen molar-refractivity contribution in [1.82, 2.24) is 0 Å². The van der Waals surface area contributed by atoms with Gasteiger partial charge in [0.05, 0.1) is 19.8 Å². The Kier molecular flexibility index (Phi) is 43.4. The van der Waals surface area contributed by atoms with E-state index in [1.54, 1.807) is 0 Å². The van der Waals surface area contributed by atoms with Gasteiger partial charge in [-0.1, -0.05) is 197 Å². The second kappa shape index (κ2) is 45.0. The Balaban J connectivity index is 4.19. The molecule has 0 bridgehead atoms. The van der Waals surface area contributed by atoms with Crippen LogP contribution in [0.15, 0.2) is 48.6 Å². The lowest BCUT2D eigenvalue weighted by Gasteiger charge is -2.20. The summed E-state index contributed by atoms with van der Waals surface area (Å²) in [4.78, 5) is 35.1. The minimum atomic E-state index is -4.62. The second-order valence-corrected chi connectivity index (χ2v) is 17.6. The number of carbonyl (C=O) groups excluding carboxylic acids is 2. The van der Waals surface area contributed by atoms with E-state index in [9.17, 15) is 24.2 Å². The summed E-state index contributed by atoms with van der Waals surface area (Å²) in [5.41, 5.74) is 0. The molecule has 3 atom stereocenters. The van der Waals surface area contributed by atoms with E-state index in [1.165, 1.54) is 103 Å². The van der Waals surface area contributed by atoms with Crippen LogP contribution >= 0.6 is 7.82 Å². The Morgan fingerprint density at radius 2 is 0.917 bits per heavy atom. The summed E-state index contributed by atoms with van der Waals surface area (Å²) in [6.07, 6.45) is 49.3. The summed E-state index contributed by atoms with van der Waals surface area (Å²) in [6, 6.07) is 0. The number of aliphatic hydroxyl groups excluding tert-OH is 2. The number of hydrogen-bond acceptors (Lipinski definition) is 9. The monoisotopic (exact) mass is 869 g/mol. The molecule has 0 aromatic heterocycles. The number of phosphoric ester groups is 1. The number of aliphatic hydroxyl groups is 2. The first-order valence-electron chi connectivity index (χ1n) is 24.1. The van der Waals surface area contributed by atoms with Gasteiger partial charge in [-0.3, -0.25) is 18.6 Å². The molecule has 0 saturated carbocycles. The Bertz CT molecular complexity index is 1140. The first-order valence-corrected chi connectivity index (χ1v) is 25.6. The molecule has 11 heteroatoms. The average Bonchev–Trinajstić information content (AvgIpc) is 3.24. The summed E-state index contributed by atoms with van der Waals surface area (Å²) in [6.45, 7) is 2.29. The zero-order valence-corrected chi connectivity index (χ0v) is 39.1. The van der Waals surface area contributed by atoms with Crippen molar-refractivity contribution >= 4 is 19.8 Å². The van der Waals surface area contributed by atoms with E-state index >= 15 is 0 Å². The van der Waals surface area contributed by atoms with Crippen LogP contribution in [-0.2, 0) is 32.7 Å².